The standard InChI is InChI=1S/C18H22N2O5/c1-2-3-4-5-6-9-17(21)25-13-24-16-11-10-15(20(22)23)14-8-7-12-19-18(14)16/h7-8,10-12H,2-6,9,13H2,1H3. The zero-order valence-corrected chi connectivity index (χ0v) is 14.3. The number of benzene rings is 1. The van der Waals surface area contributed by atoms with Gasteiger partial charge in [-0.3, -0.25) is 19.9 Å². The molecule has 0 amide bonds. The van der Waals surface area contributed by atoms with Crippen molar-refractivity contribution in [2.24, 2.45) is 0 Å². The molecule has 25 heavy (non-hydrogen) atoms. The van der Waals surface area contributed by atoms with E-state index in [1.54, 1.807) is 12.1 Å². The number of pyridine rings is 1. The van der Waals surface area contributed by atoms with Crippen molar-refractivity contribution in [3.05, 3.63) is 40.6 Å². The minimum atomic E-state index is -0.466. The van der Waals surface area contributed by atoms with E-state index in [0.717, 1.165) is 25.7 Å². The Labute approximate surface area is 146 Å². The molecule has 134 valence electrons. The molecular weight excluding hydrogens is 324 g/mol. The zero-order valence-electron chi connectivity index (χ0n) is 14.3. The van der Waals surface area contributed by atoms with E-state index < -0.39 is 4.92 Å². The van der Waals surface area contributed by atoms with Crippen LogP contribution in [0.4, 0.5) is 5.69 Å². The number of nitrogens with zero attached hydrogens (tertiary/aromatic N) is 2. The van der Waals surface area contributed by atoms with E-state index in [9.17, 15) is 14.9 Å². The molecule has 7 heteroatoms. The van der Waals surface area contributed by atoms with Gasteiger partial charge in [0.2, 0.25) is 6.79 Å². The predicted octanol–water partition coefficient (Wildman–Crippen LogP) is 4.38. The molecule has 2 rings (SSSR count). The maximum atomic E-state index is 11.7. The number of hydrogen-bond donors (Lipinski definition) is 0. The molecule has 7 nitrogen and oxygen atoms in total. The first kappa shape index (κ1) is 18.6. The van der Waals surface area contributed by atoms with E-state index in [1.165, 1.54) is 24.8 Å². The van der Waals surface area contributed by atoms with E-state index in [-0.39, 0.29) is 18.4 Å². The van der Waals surface area contributed by atoms with Crippen molar-refractivity contribution in [2.45, 2.75) is 45.4 Å². The van der Waals surface area contributed by atoms with Gasteiger partial charge in [0.15, 0.2) is 0 Å². The highest BCUT2D eigenvalue weighted by molar-refractivity contribution is 5.92. The maximum Gasteiger partial charge on any atom is 0.308 e. The van der Waals surface area contributed by atoms with Crippen LogP contribution in [-0.2, 0) is 9.53 Å². The number of unbranched alkanes of at least 4 members (excludes halogenated alkanes) is 4. The number of esters is 1. The third-order valence-corrected chi connectivity index (χ3v) is 3.83. The fraction of sp³-hybridized carbons (Fsp3) is 0.444. The number of carbonyl (C=O) groups is 1. The summed E-state index contributed by atoms with van der Waals surface area (Å²) in [7, 11) is 0. The minimum absolute atomic E-state index is 0.0421. The van der Waals surface area contributed by atoms with Crippen molar-refractivity contribution < 1.29 is 19.2 Å². The highest BCUT2D eigenvalue weighted by Crippen LogP contribution is 2.31. The molecule has 1 aromatic heterocycles. The van der Waals surface area contributed by atoms with Gasteiger partial charge in [-0.25, -0.2) is 0 Å². The van der Waals surface area contributed by atoms with Gasteiger partial charge in [-0.15, -0.1) is 0 Å². The number of rotatable bonds is 10. The van der Waals surface area contributed by atoms with Crippen LogP contribution in [0.5, 0.6) is 5.75 Å². The molecule has 0 spiro atoms. The predicted molar refractivity (Wildman–Crippen MR) is 93.4 cm³/mol. The van der Waals surface area contributed by atoms with Crippen molar-refractivity contribution in [2.75, 3.05) is 6.79 Å². The van der Waals surface area contributed by atoms with Gasteiger partial charge in [-0.1, -0.05) is 32.6 Å². The summed E-state index contributed by atoms with van der Waals surface area (Å²) in [6, 6.07) is 6.05. The van der Waals surface area contributed by atoms with E-state index in [0.29, 0.717) is 23.1 Å². The monoisotopic (exact) mass is 346 g/mol. The molecule has 0 N–H and O–H groups in total. The Balaban J connectivity index is 1.88. The zero-order chi connectivity index (χ0) is 18.1. The van der Waals surface area contributed by atoms with Crippen molar-refractivity contribution in [3.8, 4) is 5.75 Å². The van der Waals surface area contributed by atoms with Gasteiger partial charge < -0.3 is 9.47 Å². The molecule has 0 saturated carbocycles. The fourth-order valence-corrected chi connectivity index (χ4v) is 2.51. The summed E-state index contributed by atoms with van der Waals surface area (Å²) in [5, 5.41) is 11.4. The first-order chi connectivity index (χ1) is 12.1. The maximum absolute atomic E-state index is 11.7. The summed E-state index contributed by atoms with van der Waals surface area (Å²) in [6.07, 6.45) is 7.18. The van der Waals surface area contributed by atoms with Crippen LogP contribution in [0.25, 0.3) is 10.9 Å². The average Bonchev–Trinajstić information content (AvgIpc) is 2.61. The lowest BCUT2D eigenvalue weighted by Crippen LogP contribution is -2.10. The van der Waals surface area contributed by atoms with E-state index >= 15 is 0 Å². The molecule has 0 aliphatic rings. The summed E-state index contributed by atoms with van der Waals surface area (Å²) < 4.78 is 10.5. The topological polar surface area (TPSA) is 91.6 Å². The van der Waals surface area contributed by atoms with Crippen LogP contribution in [0.15, 0.2) is 30.5 Å². The normalized spacial score (nSPS) is 10.6. The Morgan fingerprint density at radius 3 is 2.76 bits per heavy atom. The fourth-order valence-electron chi connectivity index (χ4n) is 2.51. The summed E-state index contributed by atoms with van der Waals surface area (Å²) in [6.45, 7) is 1.90. The number of carbonyl (C=O) groups excluding carboxylic acids is 1. The second kappa shape index (κ2) is 9.56. The highest BCUT2D eigenvalue weighted by Gasteiger charge is 2.16. The molecule has 0 aliphatic heterocycles. The van der Waals surface area contributed by atoms with Crippen molar-refractivity contribution >= 4 is 22.6 Å². The minimum Gasteiger partial charge on any atom is -0.455 e. The van der Waals surface area contributed by atoms with Crippen LogP contribution < -0.4 is 4.74 Å². The van der Waals surface area contributed by atoms with Crippen LogP contribution >= 0.6 is 0 Å². The van der Waals surface area contributed by atoms with Gasteiger partial charge in [0, 0.05) is 18.7 Å². The van der Waals surface area contributed by atoms with Gasteiger partial charge in [0.25, 0.3) is 5.69 Å². The quantitative estimate of drug-likeness (QED) is 0.208. The van der Waals surface area contributed by atoms with E-state index in [1.807, 2.05) is 0 Å². The Hall–Kier alpha value is -2.70. The van der Waals surface area contributed by atoms with Gasteiger partial charge in [-0.05, 0) is 24.6 Å². The molecule has 0 aliphatic carbocycles. The SMILES string of the molecule is CCCCCCCC(=O)OCOc1ccc([N+](=O)[O-])c2cccnc12. The molecule has 0 atom stereocenters. The van der Waals surface area contributed by atoms with Crippen molar-refractivity contribution in [3.63, 3.8) is 0 Å². The van der Waals surface area contributed by atoms with E-state index in [2.05, 4.69) is 11.9 Å². The van der Waals surface area contributed by atoms with Crippen LogP contribution in [0.2, 0.25) is 0 Å². The lowest BCUT2D eigenvalue weighted by atomic mass is 10.1. The molecule has 0 saturated heterocycles. The number of non-ortho nitro benzene ring substituents is 1. The average molecular weight is 346 g/mol. The smallest absolute Gasteiger partial charge is 0.308 e. The van der Waals surface area contributed by atoms with Crippen LogP contribution in [-0.4, -0.2) is 22.7 Å². The second-order valence-corrected chi connectivity index (χ2v) is 5.68. The molecule has 1 heterocycles. The number of hydrogen-bond acceptors (Lipinski definition) is 6. The number of nitro groups is 1. The number of fused-ring (bicyclic) bond motifs is 1. The second-order valence-electron chi connectivity index (χ2n) is 5.68. The first-order valence-electron chi connectivity index (χ1n) is 8.44. The first-order valence-corrected chi connectivity index (χ1v) is 8.44. The molecular formula is C18H22N2O5. The number of aromatic nitrogens is 1. The molecule has 2 aromatic rings. The van der Waals surface area contributed by atoms with Crippen LogP contribution in [0, 0.1) is 10.1 Å². The molecule has 0 bridgehead atoms. The highest BCUT2D eigenvalue weighted by atomic mass is 16.7. The van der Waals surface area contributed by atoms with Crippen LogP contribution in [0.1, 0.15) is 45.4 Å². The van der Waals surface area contributed by atoms with Gasteiger partial charge in [0.05, 0.1) is 10.3 Å². The largest absolute Gasteiger partial charge is 0.455 e. The Kier molecular flexibility index (Phi) is 7.13. The molecule has 0 fully saturated rings. The number of ether oxygens (including phenoxy) is 2. The third-order valence-electron chi connectivity index (χ3n) is 3.83. The molecule has 0 unspecified atom stereocenters. The van der Waals surface area contributed by atoms with E-state index in [4.69, 9.17) is 9.47 Å². The van der Waals surface area contributed by atoms with Gasteiger partial charge in [0.1, 0.15) is 11.3 Å². The summed E-state index contributed by atoms with van der Waals surface area (Å²) in [5.41, 5.74) is 0.326. The lowest BCUT2D eigenvalue weighted by Gasteiger charge is -2.09. The summed E-state index contributed by atoms with van der Waals surface area (Å²) in [5.74, 6) is 0.0348. The van der Waals surface area contributed by atoms with Crippen molar-refractivity contribution in [1.82, 2.24) is 4.98 Å². The summed E-state index contributed by atoms with van der Waals surface area (Å²) >= 11 is 0. The lowest BCUT2D eigenvalue weighted by molar-refractivity contribution is -0.383. The third kappa shape index (κ3) is 5.41. The van der Waals surface area contributed by atoms with Gasteiger partial charge >= 0.3 is 5.97 Å². The molecule has 0 radical (unpaired) electrons. The Morgan fingerprint density at radius 2 is 2.00 bits per heavy atom. The number of nitro benzene ring substituents is 1. The van der Waals surface area contributed by atoms with Crippen molar-refractivity contribution in [1.29, 1.82) is 0 Å². The Bertz CT molecular complexity index is 732. The molecule has 1 aromatic carbocycles. The Morgan fingerprint density at radius 1 is 1.20 bits per heavy atom. The van der Waals surface area contributed by atoms with Crippen LogP contribution in [0.3, 0.4) is 0 Å². The summed E-state index contributed by atoms with van der Waals surface area (Å²) in [4.78, 5) is 26.4. The van der Waals surface area contributed by atoms with Gasteiger partial charge in [-0.2, -0.15) is 0 Å².